The van der Waals surface area contributed by atoms with E-state index in [2.05, 4.69) is 26.0 Å². The fourth-order valence-electron chi connectivity index (χ4n) is 1.57. The second-order valence-corrected chi connectivity index (χ2v) is 4.00. The summed E-state index contributed by atoms with van der Waals surface area (Å²) in [6, 6.07) is 5.99. The molecule has 0 saturated carbocycles. The first-order valence-corrected chi connectivity index (χ1v) is 5.01. The first-order chi connectivity index (χ1) is 6.52. The molecule has 14 heavy (non-hydrogen) atoms. The van der Waals surface area contributed by atoms with E-state index in [-0.39, 0.29) is 6.04 Å². The Hall–Kier alpha value is -0.860. The zero-order valence-corrected chi connectivity index (χ0v) is 9.12. The zero-order chi connectivity index (χ0) is 10.7. The second kappa shape index (κ2) is 4.58. The van der Waals surface area contributed by atoms with Crippen LogP contribution >= 0.6 is 0 Å². The van der Waals surface area contributed by atoms with Crippen molar-refractivity contribution >= 4 is 0 Å². The van der Waals surface area contributed by atoms with Gasteiger partial charge in [-0.1, -0.05) is 18.2 Å². The predicted molar refractivity (Wildman–Crippen MR) is 59.3 cm³/mol. The summed E-state index contributed by atoms with van der Waals surface area (Å²) in [6.45, 7) is 5.96. The third kappa shape index (κ3) is 2.56. The number of aliphatic hydroxyl groups is 1. The van der Waals surface area contributed by atoms with Crippen molar-refractivity contribution in [2.45, 2.75) is 39.3 Å². The Labute approximate surface area is 85.8 Å². The molecule has 2 nitrogen and oxygen atoms in total. The van der Waals surface area contributed by atoms with E-state index in [1.165, 1.54) is 16.7 Å². The summed E-state index contributed by atoms with van der Waals surface area (Å²) in [4.78, 5) is 0. The maximum atomic E-state index is 9.70. The van der Waals surface area contributed by atoms with E-state index in [0.29, 0.717) is 6.42 Å². The van der Waals surface area contributed by atoms with Gasteiger partial charge in [0.1, 0.15) is 0 Å². The monoisotopic (exact) mass is 193 g/mol. The molecule has 1 rings (SSSR count). The van der Waals surface area contributed by atoms with Gasteiger partial charge in [-0.15, -0.1) is 0 Å². The van der Waals surface area contributed by atoms with Crippen molar-refractivity contribution in [2.24, 2.45) is 5.73 Å². The smallest absolute Gasteiger partial charge is 0.0728 e. The van der Waals surface area contributed by atoms with Crippen molar-refractivity contribution in [3.05, 3.63) is 34.9 Å². The molecule has 0 aliphatic carbocycles. The summed E-state index contributed by atoms with van der Waals surface area (Å²) in [5, 5.41) is 9.70. The molecule has 0 saturated heterocycles. The summed E-state index contributed by atoms with van der Waals surface area (Å²) in [5.41, 5.74) is 9.31. The largest absolute Gasteiger partial charge is 0.391 e. The van der Waals surface area contributed by atoms with Crippen LogP contribution in [0.2, 0.25) is 0 Å². The van der Waals surface area contributed by atoms with Crippen LogP contribution in [-0.4, -0.2) is 17.3 Å². The number of benzene rings is 1. The van der Waals surface area contributed by atoms with Gasteiger partial charge in [-0.05, 0) is 37.5 Å². The average molecular weight is 193 g/mol. The van der Waals surface area contributed by atoms with Gasteiger partial charge in [-0.25, -0.2) is 0 Å². The third-order valence-electron chi connectivity index (χ3n) is 2.66. The highest BCUT2D eigenvalue weighted by Crippen LogP contribution is 2.15. The summed E-state index contributed by atoms with van der Waals surface area (Å²) in [7, 11) is 0. The van der Waals surface area contributed by atoms with Crippen LogP contribution in [0.3, 0.4) is 0 Å². The molecule has 0 amide bonds. The Morgan fingerprint density at radius 3 is 2.21 bits per heavy atom. The predicted octanol–water partition coefficient (Wildman–Crippen LogP) is 1.55. The highest BCUT2D eigenvalue weighted by Gasteiger charge is 2.12. The average Bonchev–Trinajstić information content (AvgIpc) is 2.11. The minimum Gasteiger partial charge on any atom is -0.391 e. The van der Waals surface area contributed by atoms with Gasteiger partial charge < -0.3 is 10.8 Å². The van der Waals surface area contributed by atoms with E-state index in [1.54, 1.807) is 0 Å². The standard InChI is InChI=1S/C12H19NO/c1-8-5-4-6-9(2)11(8)7-12(14)10(3)13/h4-6,10,12,14H,7,13H2,1-3H3. The molecule has 1 aromatic carbocycles. The summed E-state index contributed by atoms with van der Waals surface area (Å²) in [6.07, 6.45) is 0.200. The fraction of sp³-hybridized carbons (Fsp3) is 0.500. The first-order valence-electron chi connectivity index (χ1n) is 5.01. The molecule has 0 bridgehead atoms. The Balaban J connectivity index is 2.85. The molecule has 0 radical (unpaired) electrons. The van der Waals surface area contributed by atoms with Gasteiger partial charge in [-0.3, -0.25) is 0 Å². The van der Waals surface area contributed by atoms with Crippen LogP contribution in [0, 0.1) is 13.8 Å². The normalized spacial score (nSPS) is 15.2. The third-order valence-corrected chi connectivity index (χ3v) is 2.66. The second-order valence-electron chi connectivity index (χ2n) is 4.00. The van der Waals surface area contributed by atoms with E-state index in [1.807, 2.05) is 13.0 Å². The highest BCUT2D eigenvalue weighted by atomic mass is 16.3. The number of hydrogen-bond donors (Lipinski definition) is 2. The van der Waals surface area contributed by atoms with Gasteiger partial charge >= 0.3 is 0 Å². The summed E-state index contributed by atoms with van der Waals surface area (Å²) >= 11 is 0. The summed E-state index contributed by atoms with van der Waals surface area (Å²) in [5.74, 6) is 0. The molecule has 0 fully saturated rings. The van der Waals surface area contributed by atoms with Crippen molar-refractivity contribution < 1.29 is 5.11 Å². The van der Waals surface area contributed by atoms with Gasteiger partial charge in [0, 0.05) is 12.5 Å². The van der Waals surface area contributed by atoms with Crippen molar-refractivity contribution in [1.82, 2.24) is 0 Å². The molecular formula is C12H19NO. The van der Waals surface area contributed by atoms with E-state index >= 15 is 0 Å². The molecule has 2 heteroatoms. The Morgan fingerprint density at radius 1 is 1.29 bits per heavy atom. The van der Waals surface area contributed by atoms with Gasteiger partial charge in [0.05, 0.1) is 6.10 Å². The topological polar surface area (TPSA) is 46.2 Å². The van der Waals surface area contributed by atoms with Crippen LogP contribution in [0.15, 0.2) is 18.2 Å². The van der Waals surface area contributed by atoms with E-state index in [9.17, 15) is 5.11 Å². The fourth-order valence-corrected chi connectivity index (χ4v) is 1.57. The molecule has 0 aliphatic rings. The molecule has 0 heterocycles. The molecule has 0 aliphatic heterocycles. The number of hydrogen-bond acceptors (Lipinski definition) is 2. The Kier molecular flexibility index (Phi) is 3.67. The molecule has 2 unspecified atom stereocenters. The minimum atomic E-state index is -0.449. The van der Waals surface area contributed by atoms with Crippen LogP contribution in [0.5, 0.6) is 0 Å². The maximum absolute atomic E-state index is 9.70. The quantitative estimate of drug-likeness (QED) is 0.765. The molecule has 3 N–H and O–H groups in total. The number of rotatable bonds is 3. The minimum absolute atomic E-state index is 0.172. The number of aliphatic hydroxyl groups excluding tert-OH is 1. The lowest BCUT2D eigenvalue weighted by Crippen LogP contribution is -2.33. The first kappa shape index (κ1) is 11.2. The van der Waals surface area contributed by atoms with Crippen molar-refractivity contribution in [1.29, 1.82) is 0 Å². The number of nitrogens with two attached hydrogens (primary N) is 1. The number of aryl methyl sites for hydroxylation is 2. The van der Waals surface area contributed by atoms with Gasteiger partial charge in [0.2, 0.25) is 0 Å². The summed E-state index contributed by atoms with van der Waals surface area (Å²) < 4.78 is 0. The molecular weight excluding hydrogens is 174 g/mol. The maximum Gasteiger partial charge on any atom is 0.0728 e. The van der Waals surface area contributed by atoms with Crippen LogP contribution < -0.4 is 5.73 Å². The van der Waals surface area contributed by atoms with E-state index in [0.717, 1.165) is 0 Å². The van der Waals surface area contributed by atoms with Gasteiger partial charge in [0.15, 0.2) is 0 Å². The molecule has 2 atom stereocenters. The lowest BCUT2D eigenvalue weighted by atomic mass is 9.95. The van der Waals surface area contributed by atoms with Gasteiger partial charge in [0.25, 0.3) is 0 Å². The van der Waals surface area contributed by atoms with Crippen molar-refractivity contribution in [3.8, 4) is 0 Å². The molecule has 0 spiro atoms. The SMILES string of the molecule is Cc1cccc(C)c1CC(O)C(C)N. The van der Waals surface area contributed by atoms with Crippen LogP contribution in [0.1, 0.15) is 23.6 Å². The van der Waals surface area contributed by atoms with Crippen molar-refractivity contribution in [3.63, 3.8) is 0 Å². The lowest BCUT2D eigenvalue weighted by Gasteiger charge is -2.17. The Bertz CT molecular complexity index is 287. The van der Waals surface area contributed by atoms with Crippen LogP contribution in [-0.2, 0) is 6.42 Å². The van der Waals surface area contributed by atoms with E-state index in [4.69, 9.17) is 5.73 Å². The lowest BCUT2D eigenvalue weighted by molar-refractivity contribution is 0.151. The molecule has 0 aromatic heterocycles. The van der Waals surface area contributed by atoms with Crippen LogP contribution in [0.4, 0.5) is 0 Å². The zero-order valence-electron chi connectivity index (χ0n) is 9.12. The van der Waals surface area contributed by atoms with Crippen LogP contribution in [0.25, 0.3) is 0 Å². The van der Waals surface area contributed by atoms with Crippen molar-refractivity contribution in [2.75, 3.05) is 0 Å². The molecule has 78 valence electrons. The molecule has 1 aromatic rings. The van der Waals surface area contributed by atoms with E-state index < -0.39 is 6.10 Å². The van der Waals surface area contributed by atoms with Gasteiger partial charge in [-0.2, -0.15) is 0 Å². The Morgan fingerprint density at radius 2 is 1.79 bits per heavy atom. The highest BCUT2D eigenvalue weighted by molar-refractivity contribution is 5.34.